The lowest BCUT2D eigenvalue weighted by molar-refractivity contribution is 0.00939. The van der Waals surface area contributed by atoms with Crippen molar-refractivity contribution in [3.05, 3.63) is 0 Å². The van der Waals surface area contributed by atoms with Gasteiger partial charge in [0.25, 0.3) is 0 Å². The SMILES string of the molecule is C#CCC(C)(O)CC1COCCN1. The fourth-order valence-corrected chi connectivity index (χ4v) is 1.57. The van der Waals surface area contributed by atoms with Gasteiger partial charge in [-0.15, -0.1) is 12.3 Å². The van der Waals surface area contributed by atoms with Gasteiger partial charge in [0.1, 0.15) is 0 Å². The Hall–Kier alpha value is -0.560. The summed E-state index contributed by atoms with van der Waals surface area (Å²) in [6.45, 7) is 4.05. The Morgan fingerprint density at radius 1 is 1.77 bits per heavy atom. The lowest BCUT2D eigenvalue weighted by Gasteiger charge is -2.30. The van der Waals surface area contributed by atoms with E-state index in [0.29, 0.717) is 19.4 Å². The first kappa shape index (κ1) is 10.5. The van der Waals surface area contributed by atoms with Crippen molar-refractivity contribution in [3.8, 4) is 12.3 Å². The second-order valence-corrected chi connectivity index (χ2v) is 3.81. The zero-order chi connectivity index (χ0) is 9.73. The molecule has 0 aromatic carbocycles. The highest BCUT2D eigenvalue weighted by molar-refractivity contribution is 4.95. The lowest BCUT2D eigenvalue weighted by atomic mass is 9.94. The minimum Gasteiger partial charge on any atom is -0.389 e. The minimum absolute atomic E-state index is 0.233. The van der Waals surface area contributed by atoms with Gasteiger partial charge >= 0.3 is 0 Å². The van der Waals surface area contributed by atoms with Gasteiger partial charge in [-0.2, -0.15) is 0 Å². The van der Waals surface area contributed by atoms with Gasteiger partial charge in [0.2, 0.25) is 0 Å². The number of hydrogen-bond donors (Lipinski definition) is 2. The van der Waals surface area contributed by atoms with Gasteiger partial charge in [-0.1, -0.05) is 0 Å². The third kappa shape index (κ3) is 3.77. The van der Waals surface area contributed by atoms with E-state index in [1.807, 2.05) is 0 Å². The van der Waals surface area contributed by atoms with Crippen LogP contribution in [0.25, 0.3) is 0 Å². The Morgan fingerprint density at radius 3 is 3.08 bits per heavy atom. The summed E-state index contributed by atoms with van der Waals surface area (Å²) in [6.07, 6.45) is 6.20. The summed E-state index contributed by atoms with van der Waals surface area (Å²) in [6, 6.07) is 0.233. The molecule has 2 N–H and O–H groups in total. The summed E-state index contributed by atoms with van der Waals surface area (Å²) in [7, 11) is 0. The standard InChI is InChI=1S/C10H17NO2/c1-3-4-10(2,12)7-9-8-13-6-5-11-9/h1,9,11-12H,4-8H2,2H3. The third-order valence-corrected chi connectivity index (χ3v) is 2.17. The van der Waals surface area contributed by atoms with Crippen molar-refractivity contribution in [1.29, 1.82) is 0 Å². The van der Waals surface area contributed by atoms with Gasteiger partial charge in [0, 0.05) is 19.0 Å². The summed E-state index contributed by atoms with van der Waals surface area (Å²) in [5, 5.41) is 13.1. The quantitative estimate of drug-likeness (QED) is 0.611. The van der Waals surface area contributed by atoms with Crippen molar-refractivity contribution < 1.29 is 9.84 Å². The van der Waals surface area contributed by atoms with Gasteiger partial charge in [0.05, 0.1) is 18.8 Å². The second-order valence-electron chi connectivity index (χ2n) is 3.81. The van der Waals surface area contributed by atoms with Crippen LogP contribution >= 0.6 is 0 Å². The molecule has 0 bridgehead atoms. The first-order chi connectivity index (χ1) is 6.14. The number of nitrogens with one attached hydrogen (secondary N) is 1. The normalized spacial score (nSPS) is 27.6. The molecule has 1 aliphatic rings. The van der Waals surface area contributed by atoms with Crippen LogP contribution in [0.5, 0.6) is 0 Å². The number of aliphatic hydroxyl groups is 1. The Kier molecular flexibility index (Phi) is 3.73. The highest BCUT2D eigenvalue weighted by Gasteiger charge is 2.25. The third-order valence-electron chi connectivity index (χ3n) is 2.17. The smallest absolute Gasteiger partial charge is 0.0744 e. The predicted molar refractivity (Wildman–Crippen MR) is 51.3 cm³/mol. The summed E-state index contributed by atoms with van der Waals surface area (Å²) in [5.41, 5.74) is -0.771. The Labute approximate surface area is 79.5 Å². The summed E-state index contributed by atoms with van der Waals surface area (Å²) < 4.78 is 5.28. The van der Waals surface area contributed by atoms with Gasteiger partial charge in [-0.05, 0) is 13.3 Å². The highest BCUT2D eigenvalue weighted by atomic mass is 16.5. The highest BCUT2D eigenvalue weighted by Crippen LogP contribution is 2.17. The van der Waals surface area contributed by atoms with Crippen LogP contribution in [0.15, 0.2) is 0 Å². The molecule has 1 fully saturated rings. The lowest BCUT2D eigenvalue weighted by Crippen LogP contribution is -2.45. The minimum atomic E-state index is -0.771. The van der Waals surface area contributed by atoms with E-state index >= 15 is 0 Å². The molecular weight excluding hydrogens is 166 g/mol. The topological polar surface area (TPSA) is 41.5 Å². The largest absolute Gasteiger partial charge is 0.389 e. The van der Waals surface area contributed by atoms with E-state index in [9.17, 15) is 5.11 Å². The first-order valence-corrected chi connectivity index (χ1v) is 4.61. The van der Waals surface area contributed by atoms with Crippen LogP contribution in [0.4, 0.5) is 0 Å². The molecule has 2 atom stereocenters. The molecule has 0 aromatic rings. The molecule has 13 heavy (non-hydrogen) atoms. The number of rotatable bonds is 3. The maximum Gasteiger partial charge on any atom is 0.0744 e. The van der Waals surface area contributed by atoms with Crippen molar-refractivity contribution in [2.75, 3.05) is 19.8 Å². The fourth-order valence-electron chi connectivity index (χ4n) is 1.57. The molecule has 0 amide bonds. The molecule has 0 spiro atoms. The van der Waals surface area contributed by atoms with Crippen LogP contribution in [-0.2, 0) is 4.74 Å². The summed E-state index contributed by atoms with van der Waals surface area (Å²) in [4.78, 5) is 0. The molecule has 74 valence electrons. The fraction of sp³-hybridized carbons (Fsp3) is 0.800. The predicted octanol–water partition coefficient (Wildman–Crippen LogP) is 0.139. The van der Waals surface area contributed by atoms with Crippen LogP contribution in [0, 0.1) is 12.3 Å². The molecule has 1 aliphatic heterocycles. The number of morpholine rings is 1. The summed E-state index contributed by atoms with van der Waals surface area (Å²) >= 11 is 0. The maximum absolute atomic E-state index is 9.83. The van der Waals surface area contributed by atoms with Crippen molar-refractivity contribution in [1.82, 2.24) is 5.32 Å². The molecule has 1 saturated heterocycles. The van der Waals surface area contributed by atoms with Crippen LogP contribution in [0.2, 0.25) is 0 Å². The van der Waals surface area contributed by atoms with Crippen LogP contribution < -0.4 is 5.32 Å². The van der Waals surface area contributed by atoms with E-state index in [-0.39, 0.29) is 6.04 Å². The van der Waals surface area contributed by atoms with E-state index in [2.05, 4.69) is 11.2 Å². The average Bonchev–Trinajstić information content (AvgIpc) is 2.04. The Bertz CT molecular complexity index is 190. The van der Waals surface area contributed by atoms with Gasteiger partial charge in [0.15, 0.2) is 0 Å². The van der Waals surface area contributed by atoms with E-state index in [1.165, 1.54) is 0 Å². The first-order valence-electron chi connectivity index (χ1n) is 4.61. The van der Waals surface area contributed by atoms with Gasteiger partial charge in [-0.25, -0.2) is 0 Å². The zero-order valence-electron chi connectivity index (χ0n) is 8.05. The molecule has 3 heteroatoms. The molecule has 1 heterocycles. The van der Waals surface area contributed by atoms with Crippen LogP contribution in [0.1, 0.15) is 19.8 Å². The molecule has 0 aromatic heterocycles. The van der Waals surface area contributed by atoms with Gasteiger partial charge < -0.3 is 15.2 Å². The van der Waals surface area contributed by atoms with E-state index in [0.717, 1.165) is 13.2 Å². The van der Waals surface area contributed by atoms with Crippen molar-refractivity contribution >= 4 is 0 Å². The molecule has 0 saturated carbocycles. The average molecular weight is 183 g/mol. The molecule has 1 rings (SSSR count). The number of hydrogen-bond acceptors (Lipinski definition) is 3. The molecule has 0 radical (unpaired) electrons. The summed E-state index contributed by atoms with van der Waals surface area (Å²) in [5.74, 6) is 2.48. The van der Waals surface area contributed by atoms with Crippen molar-refractivity contribution in [3.63, 3.8) is 0 Å². The monoisotopic (exact) mass is 183 g/mol. The molecule has 2 unspecified atom stereocenters. The van der Waals surface area contributed by atoms with Gasteiger partial charge in [-0.3, -0.25) is 0 Å². The van der Waals surface area contributed by atoms with Crippen LogP contribution in [0.3, 0.4) is 0 Å². The zero-order valence-corrected chi connectivity index (χ0v) is 8.05. The Morgan fingerprint density at radius 2 is 2.54 bits per heavy atom. The maximum atomic E-state index is 9.83. The molecule has 3 nitrogen and oxygen atoms in total. The van der Waals surface area contributed by atoms with Crippen LogP contribution in [-0.4, -0.2) is 36.5 Å². The Balaban J connectivity index is 2.33. The van der Waals surface area contributed by atoms with E-state index in [4.69, 9.17) is 11.2 Å². The second kappa shape index (κ2) is 4.61. The number of ether oxygens (including phenoxy) is 1. The van der Waals surface area contributed by atoms with Crippen molar-refractivity contribution in [2.24, 2.45) is 0 Å². The van der Waals surface area contributed by atoms with E-state index < -0.39 is 5.60 Å². The molecular formula is C10H17NO2. The van der Waals surface area contributed by atoms with E-state index in [1.54, 1.807) is 6.92 Å². The number of terminal acetylenes is 1. The van der Waals surface area contributed by atoms with Crippen molar-refractivity contribution in [2.45, 2.75) is 31.4 Å². The molecule has 0 aliphatic carbocycles.